The second-order valence-electron chi connectivity index (χ2n) is 2.65. The van der Waals surface area contributed by atoms with Crippen LogP contribution in [0.25, 0.3) is 10.9 Å². The lowest BCUT2D eigenvalue weighted by Gasteiger charge is -2.02. The van der Waals surface area contributed by atoms with Gasteiger partial charge in [0.1, 0.15) is 5.82 Å². The van der Waals surface area contributed by atoms with Crippen molar-refractivity contribution in [3.8, 4) is 0 Å². The number of anilines is 1. The number of hydrazine groups is 1. The van der Waals surface area contributed by atoms with Gasteiger partial charge in [0, 0.05) is 9.86 Å². The van der Waals surface area contributed by atoms with E-state index < -0.39 is 0 Å². The normalized spacial score (nSPS) is 10.3. The molecule has 1 aromatic carbocycles. The Morgan fingerprint density at radius 2 is 2.08 bits per heavy atom. The highest BCUT2D eigenvalue weighted by Gasteiger charge is 1.99. The smallest absolute Gasteiger partial charge is 0.140 e. The molecule has 0 atom stereocenters. The lowest BCUT2D eigenvalue weighted by molar-refractivity contribution is 1.26. The summed E-state index contributed by atoms with van der Waals surface area (Å²) in [5, 5.41) is 1.09. The molecule has 0 fully saturated rings. The van der Waals surface area contributed by atoms with Crippen LogP contribution in [-0.2, 0) is 0 Å². The molecule has 0 saturated carbocycles. The molecule has 0 spiro atoms. The summed E-state index contributed by atoms with van der Waals surface area (Å²) in [5.41, 5.74) is 3.43. The first kappa shape index (κ1) is 8.47. The van der Waals surface area contributed by atoms with Crippen LogP contribution < -0.4 is 11.3 Å². The molecule has 0 aliphatic rings. The van der Waals surface area contributed by atoms with E-state index in [4.69, 9.17) is 5.84 Å². The zero-order chi connectivity index (χ0) is 9.26. The van der Waals surface area contributed by atoms with Crippen LogP contribution in [-0.4, -0.2) is 4.98 Å². The van der Waals surface area contributed by atoms with E-state index in [0.717, 1.165) is 15.4 Å². The van der Waals surface area contributed by atoms with E-state index in [1.54, 1.807) is 0 Å². The van der Waals surface area contributed by atoms with Gasteiger partial charge in [0.25, 0.3) is 0 Å². The maximum absolute atomic E-state index is 5.26. The van der Waals surface area contributed by atoms with E-state index >= 15 is 0 Å². The van der Waals surface area contributed by atoms with Crippen LogP contribution in [0.5, 0.6) is 0 Å². The van der Waals surface area contributed by atoms with Crippen molar-refractivity contribution in [1.82, 2.24) is 4.98 Å². The van der Waals surface area contributed by atoms with Gasteiger partial charge in [0.2, 0.25) is 0 Å². The predicted octanol–water partition coefficient (Wildman–Crippen LogP) is 2.28. The van der Waals surface area contributed by atoms with Crippen molar-refractivity contribution in [3.63, 3.8) is 0 Å². The van der Waals surface area contributed by atoms with Crippen LogP contribution in [0.1, 0.15) is 0 Å². The van der Waals surface area contributed by atoms with E-state index in [0.29, 0.717) is 5.82 Å². The van der Waals surface area contributed by atoms with Crippen molar-refractivity contribution < 1.29 is 0 Å². The number of nitrogens with one attached hydrogen (secondary N) is 1. The van der Waals surface area contributed by atoms with Gasteiger partial charge in [-0.05, 0) is 34.1 Å². The number of hydrogen-bond acceptors (Lipinski definition) is 3. The number of rotatable bonds is 1. The third-order valence-corrected chi connectivity index (χ3v) is 2.46. The highest BCUT2D eigenvalue weighted by atomic mass is 79.9. The summed E-state index contributed by atoms with van der Waals surface area (Å²) in [6, 6.07) is 9.75. The Balaban J connectivity index is 2.74. The van der Waals surface area contributed by atoms with E-state index in [9.17, 15) is 0 Å². The summed E-state index contributed by atoms with van der Waals surface area (Å²) >= 11 is 3.43. The summed E-state index contributed by atoms with van der Waals surface area (Å²) in [7, 11) is 0. The number of nitrogens with zero attached hydrogens (tertiary/aromatic N) is 1. The Bertz CT molecular complexity index is 442. The van der Waals surface area contributed by atoms with Crippen molar-refractivity contribution >= 4 is 32.7 Å². The topological polar surface area (TPSA) is 50.9 Å². The van der Waals surface area contributed by atoms with Crippen LogP contribution >= 0.6 is 15.9 Å². The fraction of sp³-hybridized carbons (Fsp3) is 0. The number of nitrogens with two attached hydrogens (primary N) is 1. The highest BCUT2D eigenvalue weighted by Crippen LogP contribution is 2.22. The molecular formula is C9H8BrN3. The van der Waals surface area contributed by atoms with Crippen molar-refractivity contribution in [2.45, 2.75) is 0 Å². The molecule has 66 valence electrons. The molecule has 0 bridgehead atoms. The lowest BCUT2D eigenvalue weighted by atomic mass is 10.2. The molecule has 4 heteroatoms. The predicted molar refractivity (Wildman–Crippen MR) is 57.3 cm³/mol. The third kappa shape index (κ3) is 1.50. The van der Waals surface area contributed by atoms with Gasteiger partial charge in [-0.1, -0.05) is 12.1 Å². The van der Waals surface area contributed by atoms with E-state index in [1.165, 1.54) is 0 Å². The van der Waals surface area contributed by atoms with Crippen LogP contribution in [0.15, 0.2) is 34.8 Å². The summed E-state index contributed by atoms with van der Waals surface area (Å²) < 4.78 is 0.974. The minimum absolute atomic E-state index is 0.666. The van der Waals surface area contributed by atoms with Crippen molar-refractivity contribution in [1.29, 1.82) is 0 Å². The first-order valence-electron chi connectivity index (χ1n) is 3.83. The fourth-order valence-electron chi connectivity index (χ4n) is 1.19. The average Bonchev–Trinajstić information content (AvgIpc) is 2.18. The number of nitrogen functional groups attached to an aromatic ring is 1. The van der Waals surface area contributed by atoms with Gasteiger partial charge < -0.3 is 5.43 Å². The molecule has 1 aromatic heterocycles. The molecular weight excluding hydrogens is 230 g/mol. The number of aromatic nitrogens is 1. The molecule has 0 radical (unpaired) electrons. The van der Waals surface area contributed by atoms with Crippen molar-refractivity contribution in [2.75, 3.05) is 5.43 Å². The summed E-state index contributed by atoms with van der Waals surface area (Å²) in [6.07, 6.45) is 0. The number of para-hydroxylation sites is 1. The van der Waals surface area contributed by atoms with E-state index in [2.05, 4.69) is 26.3 Å². The molecule has 0 amide bonds. The Kier molecular flexibility index (Phi) is 2.16. The van der Waals surface area contributed by atoms with Crippen LogP contribution in [0.3, 0.4) is 0 Å². The molecule has 0 aliphatic heterocycles. The second-order valence-corrected chi connectivity index (χ2v) is 3.51. The molecule has 2 rings (SSSR count). The highest BCUT2D eigenvalue weighted by molar-refractivity contribution is 9.10. The number of pyridine rings is 1. The van der Waals surface area contributed by atoms with Gasteiger partial charge >= 0.3 is 0 Å². The van der Waals surface area contributed by atoms with Gasteiger partial charge in [-0.3, -0.25) is 0 Å². The van der Waals surface area contributed by atoms with Gasteiger partial charge in [-0.25, -0.2) is 10.8 Å². The van der Waals surface area contributed by atoms with Crippen LogP contribution in [0.4, 0.5) is 5.82 Å². The Hall–Kier alpha value is -1.13. The zero-order valence-electron chi connectivity index (χ0n) is 6.79. The van der Waals surface area contributed by atoms with Gasteiger partial charge in [-0.2, -0.15) is 0 Å². The van der Waals surface area contributed by atoms with Crippen LogP contribution in [0, 0.1) is 0 Å². The van der Waals surface area contributed by atoms with Gasteiger partial charge in [0.15, 0.2) is 0 Å². The number of benzene rings is 1. The van der Waals surface area contributed by atoms with E-state index in [-0.39, 0.29) is 0 Å². The Morgan fingerprint density at radius 1 is 1.23 bits per heavy atom. The molecule has 3 nitrogen and oxygen atoms in total. The first-order valence-corrected chi connectivity index (χ1v) is 4.62. The van der Waals surface area contributed by atoms with Crippen LogP contribution in [0.2, 0.25) is 0 Å². The number of fused-ring (bicyclic) bond motifs is 1. The maximum atomic E-state index is 5.26. The largest absolute Gasteiger partial charge is 0.308 e. The zero-order valence-corrected chi connectivity index (χ0v) is 8.38. The van der Waals surface area contributed by atoms with Crippen molar-refractivity contribution in [3.05, 3.63) is 34.8 Å². The summed E-state index contributed by atoms with van der Waals surface area (Å²) in [4.78, 5) is 4.31. The molecule has 0 saturated heterocycles. The second kappa shape index (κ2) is 3.32. The summed E-state index contributed by atoms with van der Waals surface area (Å²) in [6.45, 7) is 0. The first-order chi connectivity index (χ1) is 6.31. The lowest BCUT2D eigenvalue weighted by Crippen LogP contribution is -2.08. The van der Waals surface area contributed by atoms with Gasteiger partial charge in [-0.15, -0.1) is 0 Å². The van der Waals surface area contributed by atoms with Gasteiger partial charge in [0.05, 0.1) is 5.52 Å². The molecule has 3 N–H and O–H groups in total. The molecule has 1 heterocycles. The minimum atomic E-state index is 0.666. The maximum Gasteiger partial charge on any atom is 0.140 e. The summed E-state index contributed by atoms with van der Waals surface area (Å²) in [5.74, 6) is 5.93. The average molecular weight is 238 g/mol. The number of halogens is 1. The standard InChI is InChI=1S/C9H8BrN3/c10-7-3-1-2-6-4-5-8(13-11)12-9(6)7/h1-5H,11H2,(H,12,13). The van der Waals surface area contributed by atoms with E-state index in [1.807, 2.05) is 30.3 Å². The quantitative estimate of drug-likeness (QED) is 0.591. The SMILES string of the molecule is NNc1ccc2cccc(Br)c2n1. The Morgan fingerprint density at radius 3 is 2.85 bits per heavy atom. The van der Waals surface area contributed by atoms with Crippen molar-refractivity contribution in [2.24, 2.45) is 5.84 Å². The fourth-order valence-corrected chi connectivity index (χ4v) is 1.66. The minimum Gasteiger partial charge on any atom is -0.308 e. The molecule has 0 aliphatic carbocycles. The third-order valence-electron chi connectivity index (χ3n) is 1.82. The monoisotopic (exact) mass is 237 g/mol. The number of hydrogen-bond donors (Lipinski definition) is 2. The Labute approximate surface area is 84.1 Å². The molecule has 13 heavy (non-hydrogen) atoms. The molecule has 2 aromatic rings. The molecule has 0 unspecified atom stereocenters.